The van der Waals surface area contributed by atoms with Crippen molar-refractivity contribution in [3.05, 3.63) is 47.7 Å². The summed E-state index contributed by atoms with van der Waals surface area (Å²) in [5, 5.41) is 0.0397. The van der Waals surface area contributed by atoms with Gasteiger partial charge in [0.1, 0.15) is 5.82 Å². The molecule has 0 radical (unpaired) electrons. The number of fused-ring (bicyclic) bond motifs is 1. The van der Waals surface area contributed by atoms with Gasteiger partial charge in [-0.05, 0) is 50.5 Å². The second-order valence-electron chi connectivity index (χ2n) is 6.27. The number of rotatable bonds is 3. The van der Waals surface area contributed by atoms with Gasteiger partial charge in [0, 0.05) is 24.8 Å². The Balaban J connectivity index is 1.96. The third-order valence-corrected chi connectivity index (χ3v) is 6.09. The minimum absolute atomic E-state index is 0.0397. The molecule has 0 saturated carbocycles. The molecule has 1 aromatic heterocycles. The third-order valence-electron chi connectivity index (χ3n) is 4.25. The van der Waals surface area contributed by atoms with E-state index in [-0.39, 0.29) is 29.5 Å². The Labute approximate surface area is 135 Å². The highest BCUT2D eigenvalue weighted by Crippen LogP contribution is 2.29. The molecule has 124 valence electrons. The number of nitrogens with zero attached hydrogens (tertiary/aromatic N) is 3. The second-order valence-corrected chi connectivity index (χ2v) is 8.11. The van der Waals surface area contributed by atoms with E-state index >= 15 is 0 Å². The normalized spacial score (nSPS) is 19.1. The summed E-state index contributed by atoms with van der Waals surface area (Å²) < 4.78 is 42.4. The quantitative estimate of drug-likeness (QED) is 0.865. The van der Waals surface area contributed by atoms with Crippen molar-refractivity contribution in [3.8, 4) is 0 Å². The smallest absolute Gasteiger partial charge is 0.262 e. The first-order valence-electron chi connectivity index (χ1n) is 7.61. The number of imidazole rings is 1. The van der Waals surface area contributed by atoms with Crippen molar-refractivity contribution in [1.29, 1.82) is 0 Å². The first kappa shape index (κ1) is 16.1. The van der Waals surface area contributed by atoms with Gasteiger partial charge >= 0.3 is 0 Å². The van der Waals surface area contributed by atoms with Crippen molar-refractivity contribution >= 4 is 10.0 Å². The predicted molar refractivity (Wildman–Crippen MR) is 84.9 cm³/mol. The summed E-state index contributed by atoms with van der Waals surface area (Å²) in [7, 11) is -3.70. The van der Waals surface area contributed by atoms with Crippen LogP contribution >= 0.6 is 0 Å². The molecule has 1 aromatic carbocycles. The van der Waals surface area contributed by atoms with Crippen LogP contribution < -0.4 is 0 Å². The van der Waals surface area contributed by atoms with Crippen molar-refractivity contribution in [2.45, 2.75) is 50.8 Å². The van der Waals surface area contributed by atoms with Gasteiger partial charge in [-0.25, -0.2) is 17.8 Å². The summed E-state index contributed by atoms with van der Waals surface area (Å²) in [6, 6.07) is 4.51. The van der Waals surface area contributed by atoms with Crippen LogP contribution in [0, 0.1) is 5.82 Å². The van der Waals surface area contributed by atoms with Crippen molar-refractivity contribution in [3.63, 3.8) is 0 Å². The van der Waals surface area contributed by atoms with Crippen LogP contribution in [0.1, 0.15) is 37.9 Å². The van der Waals surface area contributed by atoms with Gasteiger partial charge in [-0.1, -0.05) is 6.07 Å². The van der Waals surface area contributed by atoms with E-state index in [0.29, 0.717) is 6.42 Å². The van der Waals surface area contributed by atoms with E-state index < -0.39 is 10.0 Å². The molecule has 7 heteroatoms. The Morgan fingerprint density at radius 2 is 2.04 bits per heavy atom. The molecule has 0 fully saturated rings. The second kappa shape index (κ2) is 5.72. The Hall–Kier alpha value is -1.73. The number of benzene rings is 1. The van der Waals surface area contributed by atoms with E-state index in [4.69, 9.17) is 0 Å². The van der Waals surface area contributed by atoms with Crippen LogP contribution in [0.25, 0.3) is 0 Å². The number of sulfonamides is 1. The highest BCUT2D eigenvalue weighted by atomic mass is 32.2. The molecule has 1 aliphatic heterocycles. The lowest BCUT2D eigenvalue weighted by molar-refractivity contribution is 0.307. The zero-order valence-corrected chi connectivity index (χ0v) is 14.2. The molecule has 0 N–H and O–H groups in total. The van der Waals surface area contributed by atoms with E-state index in [9.17, 15) is 12.8 Å². The predicted octanol–water partition coefficient (Wildman–Crippen LogP) is 2.74. The Kier molecular flexibility index (Phi) is 4.01. The topological polar surface area (TPSA) is 55.2 Å². The Morgan fingerprint density at radius 3 is 2.70 bits per heavy atom. The highest BCUT2D eigenvalue weighted by molar-refractivity contribution is 7.89. The monoisotopic (exact) mass is 337 g/mol. The van der Waals surface area contributed by atoms with Crippen LogP contribution in [0.3, 0.4) is 0 Å². The van der Waals surface area contributed by atoms with E-state index in [0.717, 1.165) is 11.1 Å². The summed E-state index contributed by atoms with van der Waals surface area (Å²) in [5.41, 5.74) is 1.72. The van der Waals surface area contributed by atoms with E-state index in [2.05, 4.69) is 4.98 Å². The fourth-order valence-corrected chi connectivity index (χ4v) is 4.39. The van der Waals surface area contributed by atoms with Crippen LogP contribution in [-0.2, 0) is 23.0 Å². The van der Waals surface area contributed by atoms with Crippen molar-refractivity contribution in [1.82, 2.24) is 13.9 Å². The highest BCUT2D eigenvalue weighted by Gasteiger charge is 2.34. The average Bonchev–Trinajstić information content (AvgIpc) is 2.97. The number of hydrogen-bond donors (Lipinski definition) is 0. The standard InChI is InChI=1S/C16H20FN3O2S/c1-11(2)19-9-16(18-10-19)23(21,22)20-8-14-7-15(17)5-4-13(14)6-12(20)3/h4-5,7,9-12H,6,8H2,1-3H3. The minimum Gasteiger partial charge on any atom is -0.334 e. The lowest BCUT2D eigenvalue weighted by Gasteiger charge is -2.33. The summed E-state index contributed by atoms with van der Waals surface area (Å²) in [4.78, 5) is 4.05. The molecule has 0 bridgehead atoms. The maximum atomic E-state index is 13.4. The van der Waals surface area contributed by atoms with Crippen molar-refractivity contribution < 1.29 is 12.8 Å². The zero-order valence-electron chi connectivity index (χ0n) is 13.4. The van der Waals surface area contributed by atoms with Gasteiger partial charge in [0.05, 0.1) is 6.33 Å². The molecule has 3 rings (SSSR count). The van der Waals surface area contributed by atoms with Crippen LogP contribution in [0.4, 0.5) is 4.39 Å². The van der Waals surface area contributed by atoms with Crippen molar-refractivity contribution in [2.24, 2.45) is 0 Å². The van der Waals surface area contributed by atoms with Crippen LogP contribution in [0.2, 0.25) is 0 Å². The summed E-state index contributed by atoms with van der Waals surface area (Å²) in [6.07, 6.45) is 3.65. The maximum absolute atomic E-state index is 13.4. The van der Waals surface area contributed by atoms with Gasteiger partial charge < -0.3 is 4.57 Å². The maximum Gasteiger partial charge on any atom is 0.262 e. The lowest BCUT2D eigenvalue weighted by Crippen LogP contribution is -2.42. The van der Waals surface area contributed by atoms with E-state index in [1.54, 1.807) is 16.8 Å². The molecule has 1 unspecified atom stereocenters. The van der Waals surface area contributed by atoms with Crippen molar-refractivity contribution in [2.75, 3.05) is 0 Å². The first-order valence-corrected chi connectivity index (χ1v) is 9.05. The van der Waals surface area contributed by atoms with Gasteiger partial charge in [0.2, 0.25) is 0 Å². The van der Waals surface area contributed by atoms with E-state index in [1.807, 2.05) is 20.8 Å². The molecule has 5 nitrogen and oxygen atoms in total. The number of hydrogen-bond acceptors (Lipinski definition) is 3. The van der Waals surface area contributed by atoms with Gasteiger partial charge in [-0.3, -0.25) is 0 Å². The molecule has 1 aliphatic rings. The summed E-state index contributed by atoms with van der Waals surface area (Å²) >= 11 is 0. The van der Waals surface area contributed by atoms with Crippen LogP contribution in [0.15, 0.2) is 35.7 Å². The molecule has 0 amide bonds. The van der Waals surface area contributed by atoms with Gasteiger partial charge in [0.15, 0.2) is 5.03 Å². The fraction of sp³-hybridized carbons (Fsp3) is 0.438. The minimum atomic E-state index is -3.70. The molecule has 23 heavy (non-hydrogen) atoms. The first-order chi connectivity index (χ1) is 10.8. The van der Waals surface area contributed by atoms with E-state index in [1.165, 1.54) is 22.8 Å². The molecule has 0 aliphatic carbocycles. The van der Waals surface area contributed by atoms with Gasteiger partial charge in [-0.2, -0.15) is 4.31 Å². The fourth-order valence-electron chi connectivity index (χ4n) is 2.86. The number of halogens is 1. The third kappa shape index (κ3) is 2.90. The lowest BCUT2D eigenvalue weighted by atomic mass is 9.97. The SMILES string of the molecule is CC1Cc2ccc(F)cc2CN1S(=O)(=O)c1cn(C(C)C)cn1. The van der Waals surface area contributed by atoms with Gasteiger partial charge in [-0.15, -0.1) is 0 Å². The molecular weight excluding hydrogens is 317 g/mol. The Bertz CT molecular complexity index is 830. The molecule has 2 aromatic rings. The number of aromatic nitrogens is 2. The summed E-state index contributed by atoms with van der Waals surface area (Å²) in [6.45, 7) is 5.95. The molecule has 2 heterocycles. The average molecular weight is 337 g/mol. The largest absolute Gasteiger partial charge is 0.334 e. The van der Waals surface area contributed by atoms with Crippen LogP contribution in [-0.4, -0.2) is 28.3 Å². The molecule has 1 atom stereocenters. The Morgan fingerprint density at radius 1 is 1.30 bits per heavy atom. The van der Waals surface area contributed by atoms with Gasteiger partial charge in [0.25, 0.3) is 10.0 Å². The molecule has 0 saturated heterocycles. The molecular formula is C16H20FN3O2S. The van der Waals surface area contributed by atoms with Crippen LogP contribution in [0.5, 0.6) is 0 Å². The summed E-state index contributed by atoms with van der Waals surface area (Å²) in [5.74, 6) is -0.347. The zero-order chi connectivity index (χ0) is 16.8. The molecule has 0 spiro atoms.